The Morgan fingerprint density at radius 2 is 2.05 bits per heavy atom. The van der Waals surface area contributed by atoms with Crippen molar-refractivity contribution in [2.75, 3.05) is 20.2 Å². The van der Waals surface area contributed by atoms with E-state index in [1.54, 1.807) is 7.11 Å². The first-order chi connectivity index (χ1) is 10.1. The van der Waals surface area contributed by atoms with E-state index in [0.29, 0.717) is 31.8 Å². The Bertz CT molecular complexity index is 508. The molecule has 2 rings (SSSR count). The second kappa shape index (κ2) is 7.11. The summed E-state index contributed by atoms with van der Waals surface area (Å²) < 4.78 is 5.16. The maximum Gasteiger partial charge on any atom is 0.226 e. The molecule has 1 aliphatic heterocycles. The van der Waals surface area contributed by atoms with Gasteiger partial charge in [0.05, 0.1) is 13.5 Å². The van der Waals surface area contributed by atoms with Gasteiger partial charge in [-0.05, 0) is 36.5 Å². The topological polar surface area (TPSA) is 72.6 Å². The van der Waals surface area contributed by atoms with Crippen LogP contribution < -0.4 is 10.5 Å². The maximum absolute atomic E-state index is 12.3. The van der Waals surface area contributed by atoms with Crippen LogP contribution in [0.15, 0.2) is 24.3 Å². The Labute approximate surface area is 125 Å². The third-order valence-electron chi connectivity index (χ3n) is 3.95. The van der Waals surface area contributed by atoms with Gasteiger partial charge in [0, 0.05) is 19.5 Å². The minimum absolute atomic E-state index is 0.126. The number of nitrogens with zero attached hydrogens (tertiary/aromatic N) is 1. The van der Waals surface area contributed by atoms with Crippen molar-refractivity contribution in [1.29, 1.82) is 0 Å². The summed E-state index contributed by atoms with van der Waals surface area (Å²) in [6.45, 7) is 1.42. The Morgan fingerprint density at radius 3 is 2.67 bits per heavy atom. The van der Waals surface area contributed by atoms with E-state index in [1.807, 2.05) is 29.2 Å². The van der Waals surface area contributed by atoms with Gasteiger partial charge in [-0.1, -0.05) is 12.1 Å². The minimum atomic E-state index is -0.254. The van der Waals surface area contributed by atoms with Crippen LogP contribution in [0, 0.1) is 5.92 Å². The minimum Gasteiger partial charge on any atom is -0.497 e. The Kier molecular flexibility index (Phi) is 5.20. The zero-order valence-electron chi connectivity index (χ0n) is 12.4. The number of benzene rings is 1. The van der Waals surface area contributed by atoms with Crippen LogP contribution in [0.2, 0.25) is 0 Å². The lowest BCUT2D eigenvalue weighted by molar-refractivity contribution is -0.131. The smallest absolute Gasteiger partial charge is 0.226 e. The number of hydrogen-bond donors (Lipinski definition) is 1. The van der Waals surface area contributed by atoms with E-state index in [9.17, 15) is 9.59 Å². The van der Waals surface area contributed by atoms with Crippen LogP contribution in [0.5, 0.6) is 5.75 Å². The highest BCUT2D eigenvalue weighted by Gasteiger charge is 2.23. The second-order valence-corrected chi connectivity index (χ2v) is 5.52. The fraction of sp³-hybridized carbons (Fsp3) is 0.500. The normalized spacial score (nSPS) is 15.8. The Hall–Kier alpha value is -2.04. The Balaban J connectivity index is 1.85. The zero-order valence-corrected chi connectivity index (χ0v) is 12.4. The molecule has 21 heavy (non-hydrogen) atoms. The van der Waals surface area contributed by atoms with Crippen molar-refractivity contribution in [2.45, 2.75) is 25.7 Å². The van der Waals surface area contributed by atoms with Crippen molar-refractivity contribution < 1.29 is 14.3 Å². The first-order valence-electron chi connectivity index (χ1n) is 7.27. The number of hydrogen-bond acceptors (Lipinski definition) is 3. The van der Waals surface area contributed by atoms with E-state index in [-0.39, 0.29) is 11.8 Å². The molecule has 0 unspecified atom stereocenters. The van der Waals surface area contributed by atoms with E-state index in [1.165, 1.54) is 0 Å². The molecule has 0 bridgehead atoms. The molecule has 114 valence electrons. The fourth-order valence-corrected chi connectivity index (χ4v) is 2.74. The summed E-state index contributed by atoms with van der Waals surface area (Å²) in [5, 5.41) is 0. The van der Waals surface area contributed by atoms with Crippen LogP contribution in [0.25, 0.3) is 0 Å². The van der Waals surface area contributed by atoms with Crippen molar-refractivity contribution in [3.63, 3.8) is 0 Å². The number of methoxy groups -OCH3 is 1. The molecular weight excluding hydrogens is 268 g/mol. The lowest BCUT2D eigenvalue weighted by Gasteiger charge is -2.31. The van der Waals surface area contributed by atoms with Crippen molar-refractivity contribution in [2.24, 2.45) is 11.7 Å². The monoisotopic (exact) mass is 290 g/mol. The molecule has 0 atom stereocenters. The molecule has 2 amide bonds. The SMILES string of the molecule is COc1cccc(CC(=O)N2CCC(CC(N)=O)CC2)c1. The second-order valence-electron chi connectivity index (χ2n) is 5.52. The van der Waals surface area contributed by atoms with Crippen molar-refractivity contribution >= 4 is 11.8 Å². The molecule has 0 saturated carbocycles. The summed E-state index contributed by atoms with van der Waals surface area (Å²) in [4.78, 5) is 25.1. The van der Waals surface area contributed by atoms with Crippen molar-refractivity contribution in [1.82, 2.24) is 4.90 Å². The van der Waals surface area contributed by atoms with E-state index in [2.05, 4.69) is 0 Å². The molecule has 0 aliphatic carbocycles. The molecule has 1 aliphatic rings. The van der Waals surface area contributed by atoms with E-state index < -0.39 is 0 Å². The average molecular weight is 290 g/mol. The lowest BCUT2D eigenvalue weighted by Crippen LogP contribution is -2.40. The van der Waals surface area contributed by atoms with Gasteiger partial charge >= 0.3 is 0 Å². The highest BCUT2D eigenvalue weighted by molar-refractivity contribution is 5.79. The maximum atomic E-state index is 12.3. The number of amides is 2. The van der Waals surface area contributed by atoms with Crippen molar-refractivity contribution in [3.05, 3.63) is 29.8 Å². The zero-order chi connectivity index (χ0) is 15.2. The van der Waals surface area contributed by atoms with Crippen molar-refractivity contribution in [3.8, 4) is 5.75 Å². The summed E-state index contributed by atoms with van der Waals surface area (Å²) in [5.74, 6) is 0.959. The van der Waals surface area contributed by atoms with E-state index >= 15 is 0 Å². The number of ether oxygens (including phenoxy) is 1. The first kappa shape index (κ1) is 15.4. The number of carbonyl (C=O) groups is 2. The van der Waals surface area contributed by atoms with Gasteiger partial charge in [-0.15, -0.1) is 0 Å². The van der Waals surface area contributed by atoms with E-state index in [4.69, 9.17) is 10.5 Å². The van der Waals surface area contributed by atoms with Gasteiger partial charge in [-0.25, -0.2) is 0 Å². The summed E-state index contributed by atoms with van der Waals surface area (Å²) in [5.41, 5.74) is 6.17. The third-order valence-corrected chi connectivity index (χ3v) is 3.95. The summed E-state index contributed by atoms with van der Waals surface area (Å²) in [7, 11) is 1.62. The van der Waals surface area contributed by atoms with Crippen LogP contribution in [0.1, 0.15) is 24.8 Å². The van der Waals surface area contributed by atoms with E-state index in [0.717, 1.165) is 24.2 Å². The molecule has 2 N–H and O–H groups in total. The molecule has 1 saturated heterocycles. The van der Waals surface area contributed by atoms with Gasteiger partial charge in [-0.2, -0.15) is 0 Å². The van der Waals surface area contributed by atoms with Gasteiger partial charge in [0.15, 0.2) is 0 Å². The number of rotatable bonds is 5. The molecule has 1 fully saturated rings. The molecular formula is C16H22N2O3. The number of carbonyl (C=O) groups excluding carboxylic acids is 2. The molecule has 1 aromatic carbocycles. The molecule has 0 aromatic heterocycles. The van der Waals surface area contributed by atoms with Gasteiger partial charge in [-0.3, -0.25) is 9.59 Å². The summed E-state index contributed by atoms with van der Waals surface area (Å²) in [6, 6.07) is 7.57. The predicted octanol–water partition coefficient (Wildman–Crippen LogP) is 1.35. The highest BCUT2D eigenvalue weighted by atomic mass is 16.5. The first-order valence-corrected chi connectivity index (χ1v) is 7.27. The lowest BCUT2D eigenvalue weighted by atomic mass is 9.93. The highest BCUT2D eigenvalue weighted by Crippen LogP contribution is 2.21. The third kappa shape index (κ3) is 4.48. The number of piperidine rings is 1. The van der Waals surface area contributed by atoms with Gasteiger partial charge in [0.1, 0.15) is 5.75 Å². The molecule has 0 radical (unpaired) electrons. The van der Waals surface area contributed by atoms with Gasteiger partial charge in [0.2, 0.25) is 11.8 Å². The van der Waals surface area contributed by atoms with Crippen LogP contribution in [-0.2, 0) is 16.0 Å². The molecule has 1 heterocycles. The van der Waals surface area contributed by atoms with Crippen LogP contribution in [-0.4, -0.2) is 36.9 Å². The molecule has 0 spiro atoms. The molecule has 5 heteroatoms. The molecule has 1 aromatic rings. The number of primary amides is 1. The van der Waals surface area contributed by atoms with Gasteiger partial charge in [0.25, 0.3) is 0 Å². The van der Waals surface area contributed by atoms with Crippen LogP contribution in [0.4, 0.5) is 0 Å². The Morgan fingerprint density at radius 1 is 1.33 bits per heavy atom. The molecule has 5 nitrogen and oxygen atoms in total. The standard InChI is InChI=1S/C16H22N2O3/c1-21-14-4-2-3-13(9-14)11-16(20)18-7-5-12(6-8-18)10-15(17)19/h2-4,9,12H,5-8,10-11H2,1H3,(H2,17,19). The summed E-state index contributed by atoms with van der Waals surface area (Å²) >= 11 is 0. The number of nitrogens with two attached hydrogens (primary N) is 1. The summed E-state index contributed by atoms with van der Waals surface area (Å²) in [6.07, 6.45) is 2.52. The number of likely N-dealkylation sites (tertiary alicyclic amines) is 1. The quantitative estimate of drug-likeness (QED) is 0.889. The van der Waals surface area contributed by atoms with Crippen LogP contribution >= 0.6 is 0 Å². The van der Waals surface area contributed by atoms with Crippen LogP contribution in [0.3, 0.4) is 0 Å². The largest absolute Gasteiger partial charge is 0.497 e. The fourth-order valence-electron chi connectivity index (χ4n) is 2.74. The predicted molar refractivity (Wildman–Crippen MR) is 79.8 cm³/mol. The average Bonchev–Trinajstić information content (AvgIpc) is 2.47. The van der Waals surface area contributed by atoms with Gasteiger partial charge < -0.3 is 15.4 Å².